The molecule has 2 atom stereocenters. The van der Waals surface area contributed by atoms with Crippen LogP contribution in [0.25, 0.3) is 0 Å². The fourth-order valence-electron chi connectivity index (χ4n) is 3.80. The summed E-state index contributed by atoms with van der Waals surface area (Å²) < 4.78 is 39.1. The van der Waals surface area contributed by atoms with Crippen LogP contribution >= 0.6 is 0 Å². The zero-order valence-corrected chi connectivity index (χ0v) is 14.1. The molecule has 0 saturated carbocycles. The minimum absolute atomic E-state index is 0.0332. The third kappa shape index (κ3) is 2.77. The van der Waals surface area contributed by atoms with Crippen LogP contribution < -0.4 is 5.32 Å². The molecule has 1 fully saturated rings. The molecule has 1 aliphatic carbocycles. The first-order valence-corrected chi connectivity index (χ1v) is 7.98. The monoisotopic (exact) mass is 373 g/mol. The van der Waals surface area contributed by atoms with E-state index >= 15 is 0 Å². The fraction of sp³-hybridized carbons (Fsp3) is 0.562. The van der Waals surface area contributed by atoms with E-state index in [1.54, 1.807) is 0 Å². The van der Waals surface area contributed by atoms with Crippen molar-refractivity contribution < 1.29 is 28.0 Å². The first-order valence-electron chi connectivity index (χ1n) is 7.98. The van der Waals surface area contributed by atoms with Gasteiger partial charge in [0.1, 0.15) is 6.04 Å². The first-order chi connectivity index (χ1) is 11.8. The second-order valence-corrected chi connectivity index (χ2v) is 7.31. The predicted molar refractivity (Wildman–Crippen MR) is 84.6 cm³/mol. The Morgan fingerprint density at radius 1 is 1.31 bits per heavy atom. The van der Waals surface area contributed by atoms with E-state index in [1.807, 2.05) is 5.32 Å². The van der Waals surface area contributed by atoms with Gasteiger partial charge in [-0.25, -0.2) is 4.79 Å². The van der Waals surface area contributed by atoms with Crippen LogP contribution in [0.5, 0.6) is 0 Å². The van der Waals surface area contributed by atoms with Gasteiger partial charge in [-0.3, -0.25) is 10.1 Å². The van der Waals surface area contributed by atoms with E-state index in [0.29, 0.717) is 11.1 Å². The molecular weight excluding hydrogens is 355 g/mol. The zero-order valence-electron chi connectivity index (χ0n) is 14.1. The lowest BCUT2D eigenvalue weighted by atomic mass is 9.78. The van der Waals surface area contributed by atoms with Gasteiger partial charge in [0.15, 0.2) is 0 Å². The molecule has 0 aromatic heterocycles. The average molecular weight is 373 g/mol. The number of alkyl halides is 3. The van der Waals surface area contributed by atoms with Gasteiger partial charge >= 0.3 is 12.2 Å². The van der Waals surface area contributed by atoms with Gasteiger partial charge in [0.05, 0.1) is 22.6 Å². The SMILES string of the molecule is CC(C)(O)C1(N2CC(C(F)(F)F)NC2=O)Cc2ccc([N+](=O)[O-])cc2C1. The summed E-state index contributed by atoms with van der Waals surface area (Å²) in [5, 5.41) is 23.6. The maximum atomic E-state index is 13.0. The first kappa shape index (κ1) is 18.4. The second-order valence-electron chi connectivity index (χ2n) is 7.31. The van der Waals surface area contributed by atoms with Gasteiger partial charge in [-0.05, 0) is 37.8 Å². The van der Waals surface area contributed by atoms with Gasteiger partial charge in [-0.2, -0.15) is 13.2 Å². The van der Waals surface area contributed by atoms with Crippen molar-refractivity contribution in [3.63, 3.8) is 0 Å². The molecular formula is C16H18F3N3O4. The molecule has 0 radical (unpaired) electrons. The van der Waals surface area contributed by atoms with Crippen molar-refractivity contribution in [1.82, 2.24) is 10.2 Å². The molecule has 1 aliphatic heterocycles. The Morgan fingerprint density at radius 3 is 2.42 bits per heavy atom. The smallest absolute Gasteiger partial charge is 0.388 e. The highest BCUT2D eigenvalue weighted by atomic mass is 19.4. The van der Waals surface area contributed by atoms with Gasteiger partial charge in [0, 0.05) is 12.1 Å². The lowest BCUT2D eigenvalue weighted by Crippen LogP contribution is -2.63. The van der Waals surface area contributed by atoms with Crippen LogP contribution in [0.3, 0.4) is 0 Å². The van der Waals surface area contributed by atoms with Crippen LogP contribution in [-0.2, 0) is 12.8 Å². The molecule has 26 heavy (non-hydrogen) atoms. The van der Waals surface area contributed by atoms with Crippen LogP contribution in [0.2, 0.25) is 0 Å². The normalized spacial score (nSPS) is 26.0. The van der Waals surface area contributed by atoms with Crippen molar-refractivity contribution in [2.45, 2.75) is 50.0 Å². The number of nitrogens with one attached hydrogen (secondary N) is 1. The highest BCUT2D eigenvalue weighted by Crippen LogP contribution is 2.44. The van der Waals surface area contributed by atoms with E-state index in [-0.39, 0.29) is 18.5 Å². The van der Waals surface area contributed by atoms with Crippen molar-refractivity contribution in [3.05, 3.63) is 39.4 Å². The summed E-state index contributed by atoms with van der Waals surface area (Å²) in [4.78, 5) is 23.7. The lowest BCUT2D eigenvalue weighted by molar-refractivity contribution is -0.384. The molecule has 2 aliphatic rings. The van der Waals surface area contributed by atoms with Crippen LogP contribution in [0.15, 0.2) is 18.2 Å². The zero-order chi connectivity index (χ0) is 19.5. The third-order valence-electron chi connectivity index (χ3n) is 5.33. The highest BCUT2D eigenvalue weighted by molar-refractivity contribution is 5.78. The molecule has 10 heteroatoms. The molecule has 0 bridgehead atoms. The van der Waals surface area contributed by atoms with Crippen molar-refractivity contribution >= 4 is 11.7 Å². The maximum Gasteiger partial charge on any atom is 0.410 e. The van der Waals surface area contributed by atoms with E-state index in [4.69, 9.17) is 0 Å². The van der Waals surface area contributed by atoms with Gasteiger partial charge in [-0.1, -0.05) is 6.07 Å². The minimum Gasteiger partial charge on any atom is -0.388 e. The second kappa shape index (κ2) is 5.57. The van der Waals surface area contributed by atoms with Crippen LogP contribution in [0.1, 0.15) is 25.0 Å². The van der Waals surface area contributed by atoms with E-state index in [9.17, 15) is 33.2 Å². The van der Waals surface area contributed by atoms with Crippen molar-refractivity contribution in [1.29, 1.82) is 0 Å². The number of urea groups is 1. The van der Waals surface area contributed by atoms with Crippen molar-refractivity contribution in [2.24, 2.45) is 0 Å². The highest BCUT2D eigenvalue weighted by Gasteiger charge is 2.59. The molecule has 1 aromatic carbocycles. The van der Waals surface area contributed by atoms with E-state index in [0.717, 1.165) is 4.90 Å². The molecule has 2 unspecified atom stereocenters. The van der Waals surface area contributed by atoms with E-state index in [2.05, 4.69) is 0 Å². The van der Waals surface area contributed by atoms with Gasteiger partial charge in [0.25, 0.3) is 5.69 Å². The van der Waals surface area contributed by atoms with Crippen LogP contribution in [0.4, 0.5) is 23.7 Å². The number of rotatable bonds is 3. The van der Waals surface area contributed by atoms with Crippen molar-refractivity contribution in [3.8, 4) is 0 Å². The Balaban J connectivity index is 2.01. The Labute approximate surface area is 146 Å². The maximum absolute atomic E-state index is 13.0. The number of nitro groups is 1. The molecule has 1 saturated heterocycles. The summed E-state index contributed by atoms with van der Waals surface area (Å²) in [6, 6.07) is 1.25. The summed E-state index contributed by atoms with van der Waals surface area (Å²) in [5.74, 6) is 0. The number of halogens is 3. The Morgan fingerprint density at radius 2 is 1.92 bits per heavy atom. The number of aliphatic hydroxyl groups is 1. The van der Waals surface area contributed by atoms with Gasteiger partial charge in [-0.15, -0.1) is 0 Å². The largest absolute Gasteiger partial charge is 0.410 e. The minimum atomic E-state index is -4.60. The van der Waals surface area contributed by atoms with Crippen LogP contribution in [-0.4, -0.2) is 50.9 Å². The number of nitrogens with zero attached hydrogens (tertiary/aromatic N) is 2. The summed E-state index contributed by atoms with van der Waals surface area (Å²) in [7, 11) is 0. The number of amides is 2. The van der Waals surface area contributed by atoms with E-state index in [1.165, 1.54) is 32.0 Å². The van der Waals surface area contributed by atoms with Crippen LogP contribution in [0, 0.1) is 10.1 Å². The molecule has 1 aromatic rings. The number of carbonyl (C=O) groups is 1. The number of benzene rings is 1. The molecule has 142 valence electrons. The molecule has 2 amide bonds. The number of fused-ring (bicyclic) bond motifs is 1. The molecule has 1 heterocycles. The summed E-state index contributed by atoms with van der Waals surface area (Å²) >= 11 is 0. The topological polar surface area (TPSA) is 95.7 Å². The quantitative estimate of drug-likeness (QED) is 0.627. The molecule has 3 rings (SSSR count). The number of non-ortho nitro benzene ring substituents is 1. The number of hydrogen-bond donors (Lipinski definition) is 2. The molecule has 2 N–H and O–H groups in total. The standard InChI is InChI=1S/C16H18F3N3O4/c1-14(2,24)15(21-8-12(16(17,18)19)20-13(21)23)6-9-3-4-11(22(25)26)5-10(9)7-15/h3-5,12,24H,6-8H2,1-2H3,(H,20,23). The average Bonchev–Trinajstić information content (AvgIpc) is 3.06. The Bertz CT molecular complexity index is 775. The Kier molecular flexibility index (Phi) is 3.95. The number of nitro benzene ring substituents is 1. The summed E-state index contributed by atoms with van der Waals surface area (Å²) in [6.45, 7) is 2.24. The third-order valence-corrected chi connectivity index (χ3v) is 5.33. The number of hydrogen-bond acceptors (Lipinski definition) is 4. The summed E-state index contributed by atoms with van der Waals surface area (Å²) in [5.41, 5.74) is -1.78. The van der Waals surface area contributed by atoms with Crippen molar-refractivity contribution in [2.75, 3.05) is 6.54 Å². The Hall–Kier alpha value is -2.36. The number of carbonyl (C=O) groups excluding carboxylic acids is 1. The molecule has 0 spiro atoms. The van der Waals surface area contributed by atoms with E-state index < -0.39 is 40.9 Å². The summed E-state index contributed by atoms with van der Waals surface area (Å²) in [6.07, 6.45) is -4.46. The van der Waals surface area contributed by atoms with Gasteiger partial charge in [0.2, 0.25) is 0 Å². The predicted octanol–water partition coefficient (Wildman–Crippen LogP) is 2.16. The fourth-order valence-corrected chi connectivity index (χ4v) is 3.80. The lowest BCUT2D eigenvalue weighted by Gasteiger charge is -2.46. The van der Waals surface area contributed by atoms with Gasteiger partial charge < -0.3 is 15.3 Å². The molecule has 7 nitrogen and oxygen atoms in total.